The van der Waals surface area contributed by atoms with Gasteiger partial charge in [0.05, 0.1) is 30.6 Å². The number of piperidine rings is 1. The van der Waals surface area contributed by atoms with E-state index < -0.39 is 35.4 Å². The number of halogens is 3. The van der Waals surface area contributed by atoms with Gasteiger partial charge in [0.15, 0.2) is 0 Å². The van der Waals surface area contributed by atoms with Crippen molar-refractivity contribution >= 4 is 29.5 Å². The number of carbonyl (C=O) groups is 4. The number of alkyl halides is 3. The lowest BCUT2D eigenvalue weighted by Crippen LogP contribution is -2.64. The number of hydrogen-bond acceptors (Lipinski definition) is 7. The van der Waals surface area contributed by atoms with Crippen molar-refractivity contribution < 1.29 is 41.8 Å². The van der Waals surface area contributed by atoms with Gasteiger partial charge in [-0.05, 0) is 61.4 Å². The zero-order valence-electron chi connectivity index (χ0n) is 21.0. The van der Waals surface area contributed by atoms with Crippen LogP contribution in [0.2, 0.25) is 0 Å². The van der Waals surface area contributed by atoms with E-state index in [9.17, 15) is 32.3 Å². The van der Waals surface area contributed by atoms with Gasteiger partial charge in [0, 0.05) is 12.6 Å². The normalized spacial score (nSPS) is 24.3. The number of ketones is 2. The number of ether oxygens (including phenoxy) is 2. The molecular formula is C27H29F3N2O6. The number of nitrogens with zero attached hydrogens (tertiary/aromatic N) is 2. The summed E-state index contributed by atoms with van der Waals surface area (Å²) < 4.78 is 47.4. The zero-order chi connectivity index (χ0) is 27.2. The molecule has 38 heavy (non-hydrogen) atoms. The third-order valence-electron chi connectivity index (χ3n) is 8.12. The Labute approximate surface area is 217 Å². The Bertz CT molecular complexity index is 1200. The summed E-state index contributed by atoms with van der Waals surface area (Å²) in [4.78, 5) is 55.0. The van der Waals surface area contributed by atoms with Crippen LogP contribution in [0.4, 0.5) is 13.2 Å². The fourth-order valence-electron chi connectivity index (χ4n) is 6.33. The molecule has 2 atom stereocenters. The number of hydrogen-bond donors (Lipinski definition) is 0. The minimum absolute atomic E-state index is 0.128. The van der Waals surface area contributed by atoms with Gasteiger partial charge in [0.2, 0.25) is 17.5 Å². The quantitative estimate of drug-likeness (QED) is 0.389. The smallest absolute Gasteiger partial charge is 0.465 e. The van der Waals surface area contributed by atoms with E-state index in [1.807, 2.05) is 0 Å². The molecule has 4 aliphatic rings. The molecule has 0 radical (unpaired) electrons. The van der Waals surface area contributed by atoms with Gasteiger partial charge in [0.1, 0.15) is 12.4 Å². The summed E-state index contributed by atoms with van der Waals surface area (Å²) in [6.07, 6.45) is 1.24. The summed E-state index contributed by atoms with van der Waals surface area (Å²) >= 11 is 0. The maximum Gasteiger partial charge on any atom is 0.573 e. The van der Waals surface area contributed by atoms with Crippen LogP contribution in [-0.2, 0) is 30.5 Å². The first-order valence-corrected chi connectivity index (χ1v) is 12.9. The Hall–Kier alpha value is -3.21. The lowest BCUT2D eigenvalue weighted by atomic mass is 9.79. The lowest BCUT2D eigenvalue weighted by molar-refractivity contribution is -0.274. The van der Waals surface area contributed by atoms with E-state index in [4.69, 9.17) is 4.74 Å². The predicted molar refractivity (Wildman–Crippen MR) is 127 cm³/mol. The predicted octanol–water partition coefficient (Wildman–Crippen LogP) is 3.77. The van der Waals surface area contributed by atoms with Crippen LogP contribution < -0.4 is 4.74 Å². The third-order valence-corrected chi connectivity index (χ3v) is 8.12. The Kier molecular flexibility index (Phi) is 6.83. The topological polar surface area (TPSA) is 93.2 Å². The highest BCUT2D eigenvalue weighted by Crippen LogP contribution is 2.42. The molecule has 8 nitrogen and oxygen atoms in total. The largest absolute Gasteiger partial charge is 0.573 e. The van der Waals surface area contributed by atoms with Crippen molar-refractivity contribution in [2.75, 3.05) is 13.2 Å². The van der Waals surface area contributed by atoms with Gasteiger partial charge in [-0.25, -0.2) is 0 Å². The molecule has 11 heteroatoms. The number of Topliss-reactive ketones (excluding diaryl/α,β-unsaturated/α-hetero) is 2. The summed E-state index contributed by atoms with van der Waals surface area (Å²) in [5.41, 5.74) is 0.798. The summed E-state index contributed by atoms with van der Waals surface area (Å²) in [6, 6.07) is 3.14. The Morgan fingerprint density at radius 1 is 1.08 bits per heavy atom. The van der Waals surface area contributed by atoms with Crippen molar-refractivity contribution in [1.29, 1.82) is 0 Å². The van der Waals surface area contributed by atoms with Gasteiger partial charge < -0.3 is 14.4 Å². The van der Waals surface area contributed by atoms with Crippen molar-refractivity contribution in [2.45, 2.75) is 76.9 Å². The van der Waals surface area contributed by atoms with Crippen LogP contribution >= 0.6 is 0 Å². The molecule has 0 N–H and O–H groups in total. The van der Waals surface area contributed by atoms with Crippen LogP contribution in [0.25, 0.3) is 6.08 Å². The second kappa shape index (κ2) is 9.83. The SMILES string of the molecule is CC(=O)OCC1(C(=O)C(=O)CN2C3CCCC2C2=Cc4cc(OC(F)(F)F)ccc4CN2C3=O)CCCC1. The zero-order valence-corrected chi connectivity index (χ0v) is 21.0. The average Bonchev–Trinajstić information content (AvgIpc) is 3.34. The van der Waals surface area contributed by atoms with Gasteiger partial charge in [-0.3, -0.25) is 24.1 Å². The molecule has 0 aromatic heterocycles. The molecule has 1 aliphatic carbocycles. The molecule has 0 spiro atoms. The first-order chi connectivity index (χ1) is 18.0. The molecule has 1 amide bonds. The maximum absolute atomic E-state index is 13.5. The first kappa shape index (κ1) is 26.4. The molecule has 5 rings (SSSR count). The van der Waals surface area contributed by atoms with E-state index in [-0.39, 0.29) is 37.4 Å². The minimum atomic E-state index is -4.82. The van der Waals surface area contributed by atoms with Crippen LogP contribution in [0.3, 0.4) is 0 Å². The number of fused-ring (bicyclic) bond motifs is 5. The van der Waals surface area contributed by atoms with E-state index in [0.29, 0.717) is 42.5 Å². The molecule has 3 aliphatic heterocycles. The first-order valence-electron chi connectivity index (χ1n) is 12.9. The van der Waals surface area contributed by atoms with E-state index in [0.717, 1.165) is 19.3 Å². The highest BCUT2D eigenvalue weighted by molar-refractivity contribution is 6.40. The summed E-state index contributed by atoms with van der Waals surface area (Å²) in [7, 11) is 0. The van der Waals surface area contributed by atoms with E-state index >= 15 is 0 Å². The Balaban J connectivity index is 1.40. The molecule has 3 heterocycles. The molecule has 2 bridgehead atoms. The second-order valence-electron chi connectivity index (χ2n) is 10.6. The number of carbonyl (C=O) groups excluding carboxylic acids is 4. The number of amides is 1. The van der Waals surface area contributed by atoms with E-state index in [1.54, 1.807) is 15.9 Å². The summed E-state index contributed by atoms with van der Waals surface area (Å²) in [5, 5.41) is 0. The van der Waals surface area contributed by atoms with Crippen molar-refractivity contribution in [2.24, 2.45) is 5.41 Å². The molecule has 1 aromatic rings. The Morgan fingerprint density at radius 3 is 2.47 bits per heavy atom. The van der Waals surface area contributed by atoms with Crippen molar-refractivity contribution in [3.05, 3.63) is 35.0 Å². The maximum atomic E-state index is 13.5. The average molecular weight is 535 g/mol. The molecule has 2 saturated heterocycles. The van der Waals surface area contributed by atoms with Crippen LogP contribution in [0, 0.1) is 5.41 Å². The van der Waals surface area contributed by atoms with Crippen LogP contribution in [0.15, 0.2) is 23.9 Å². The fraction of sp³-hybridized carbons (Fsp3) is 0.556. The van der Waals surface area contributed by atoms with Crippen LogP contribution in [0.5, 0.6) is 5.75 Å². The number of esters is 1. The number of rotatable bonds is 7. The molecular weight excluding hydrogens is 505 g/mol. The van der Waals surface area contributed by atoms with Gasteiger partial charge in [-0.1, -0.05) is 18.9 Å². The van der Waals surface area contributed by atoms with E-state index in [2.05, 4.69) is 4.74 Å². The van der Waals surface area contributed by atoms with Crippen molar-refractivity contribution in [3.8, 4) is 5.75 Å². The molecule has 2 unspecified atom stereocenters. The number of benzene rings is 1. The van der Waals surface area contributed by atoms with Gasteiger partial charge in [-0.2, -0.15) is 0 Å². The van der Waals surface area contributed by atoms with Crippen molar-refractivity contribution in [3.63, 3.8) is 0 Å². The van der Waals surface area contributed by atoms with Crippen molar-refractivity contribution in [1.82, 2.24) is 9.80 Å². The number of piperazine rings is 1. The lowest BCUT2D eigenvalue weighted by Gasteiger charge is -2.51. The fourth-order valence-corrected chi connectivity index (χ4v) is 6.33. The molecule has 3 fully saturated rings. The molecule has 1 saturated carbocycles. The highest BCUT2D eigenvalue weighted by Gasteiger charge is 2.50. The second-order valence-corrected chi connectivity index (χ2v) is 10.6. The van der Waals surface area contributed by atoms with Crippen LogP contribution in [0.1, 0.15) is 63.0 Å². The van der Waals surface area contributed by atoms with E-state index in [1.165, 1.54) is 25.1 Å². The van der Waals surface area contributed by atoms with Gasteiger partial charge in [0.25, 0.3) is 0 Å². The monoisotopic (exact) mass is 534 g/mol. The Morgan fingerprint density at radius 2 is 1.79 bits per heavy atom. The van der Waals surface area contributed by atoms with Crippen LogP contribution in [-0.4, -0.2) is 64.8 Å². The highest BCUT2D eigenvalue weighted by atomic mass is 19.4. The minimum Gasteiger partial charge on any atom is -0.465 e. The molecule has 204 valence electrons. The third kappa shape index (κ3) is 4.95. The summed E-state index contributed by atoms with van der Waals surface area (Å²) in [6.45, 7) is 1.11. The van der Waals surface area contributed by atoms with Gasteiger partial charge >= 0.3 is 12.3 Å². The van der Waals surface area contributed by atoms with Gasteiger partial charge in [-0.15, -0.1) is 13.2 Å². The molecule has 1 aromatic carbocycles. The standard InChI is InChI=1S/C27H29F3N2O6/c1-16(33)37-15-26(9-2-3-10-26)24(35)23(34)14-31-20-5-4-6-21(31)25(36)32-13-17-7-8-19(38-27(28,29)30)11-18(17)12-22(20)32/h7-8,11-12,20-21H,2-6,9-10,13-15H2,1H3. The summed E-state index contributed by atoms with van der Waals surface area (Å²) in [5.74, 6) is -2.24.